The van der Waals surface area contributed by atoms with Gasteiger partial charge in [-0.2, -0.15) is 5.10 Å². The highest BCUT2D eigenvalue weighted by Gasteiger charge is 2.29. The normalized spacial score (nSPS) is 15.7. The lowest BCUT2D eigenvalue weighted by Gasteiger charge is -2.35. The summed E-state index contributed by atoms with van der Waals surface area (Å²) in [6.07, 6.45) is 6.49. The van der Waals surface area contributed by atoms with Crippen molar-refractivity contribution in [3.8, 4) is 0 Å². The van der Waals surface area contributed by atoms with Crippen LogP contribution in [0.4, 0.5) is 10.5 Å². The largest absolute Gasteiger partial charge is 0.444 e. The van der Waals surface area contributed by atoms with Gasteiger partial charge >= 0.3 is 6.09 Å². The number of nitrogen functional groups attached to an aromatic ring is 1. The van der Waals surface area contributed by atoms with Crippen LogP contribution in [-0.4, -0.2) is 39.5 Å². The fraction of sp³-hybridized carbons (Fsp3) is 0.684. The first-order chi connectivity index (χ1) is 12.2. The van der Waals surface area contributed by atoms with Gasteiger partial charge < -0.3 is 21.1 Å². The molecule has 0 aromatic carbocycles. The van der Waals surface area contributed by atoms with Gasteiger partial charge in [0.25, 0.3) is 0 Å². The number of hydrogen-bond acceptors (Lipinski definition) is 5. The molecule has 150 valence electrons. The number of piperidine rings is 1. The SMILES string of the molecule is C=CN.CC.CC(C1CCN(C(=O)OC(C)(C)C)CC1)n1cc(N)cn1. The Kier molecular flexibility index (Phi) is 10.5. The summed E-state index contributed by atoms with van der Waals surface area (Å²) in [5, 5.41) is 4.28. The number of carbonyl (C=O) groups is 1. The van der Waals surface area contributed by atoms with Crippen LogP contribution in [0, 0.1) is 5.92 Å². The summed E-state index contributed by atoms with van der Waals surface area (Å²) in [5.74, 6) is 0.503. The molecule has 0 radical (unpaired) electrons. The van der Waals surface area contributed by atoms with Gasteiger partial charge in [0.1, 0.15) is 5.60 Å². The molecule has 1 unspecified atom stereocenters. The molecule has 1 aliphatic heterocycles. The average molecular weight is 368 g/mol. The minimum atomic E-state index is -0.437. The van der Waals surface area contributed by atoms with Gasteiger partial charge in [-0.15, -0.1) is 0 Å². The van der Waals surface area contributed by atoms with Crippen LogP contribution in [0.1, 0.15) is 60.4 Å². The minimum absolute atomic E-state index is 0.211. The minimum Gasteiger partial charge on any atom is -0.444 e. The summed E-state index contributed by atoms with van der Waals surface area (Å²) in [4.78, 5) is 13.8. The molecule has 0 spiro atoms. The van der Waals surface area contributed by atoms with Crippen molar-refractivity contribution in [3.05, 3.63) is 25.2 Å². The topological polar surface area (TPSA) is 99.4 Å². The molecule has 7 heteroatoms. The van der Waals surface area contributed by atoms with Crippen LogP contribution in [0.3, 0.4) is 0 Å². The standard InChI is InChI=1S/C15H26N4O2.C2H5N.C2H6/c1-11(19-10-13(16)9-17-19)12-5-7-18(8-6-12)14(20)21-15(2,3)4;1-2-3;1-2/h9-12H,5-8,16H2,1-4H3;2H,1,3H2;1-2H3. The molecule has 1 aromatic heterocycles. The van der Waals surface area contributed by atoms with E-state index in [1.54, 1.807) is 11.1 Å². The number of hydrogen-bond donors (Lipinski definition) is 2. The molecule has 1 atom stereocenters. The highest BCUT2D eigenvalue weighted by molar-refractivity contribution is 5.68. The highest BCUT2D eigenvalue weighted by atomic mass is 16.6. The lowest BCUT2D eigenvalue weighted by atomic mass is 9.90. The van der Waals surface area contributed by atoms with Crippen LogP contribution >= 0.6 is 0 Å². The molecule has 7 nitrogen and oxygen atoms in total. The van der Waals surface area contributed by atoms with Gasteiger partial charge in [-0.25, -0.2) is 4.79 Å². The molecule has 1 aliphatic rings. The quantitative estimate of drug-likeness (QED) is 0.828. The Labute approximate surface area is 158 Å². The molecule has 1 amide bonds. The maximum Gasteiger partial charge on any atom is 0.410 e. The van der Waals surface area contributed by atoms with E-state index in [1.165, 1.54) is 6.20 Å². The maximum absolute atomic E-state index is 12.0. The van der Waals surface area contributed by atoms with E-state index in [0.717, 1.165) is 25.9 Å². The lowest BCUT2D eigenvalue weighted by Crippen LogP contribution is -2.42. The zero-order valence-corrected chi connectivity index (χ0v) is 17.2. The van der Waals surface area contributed by atoms with Crippen LogP contribution in [0.2, 0.25) is 0 Å². The molecule has 2 heterocycles. The Hall–Kier alpha value is -2.18. The first kappa shape index (κ1) is 23.8. The smallest absolute Gasteiger partial charge is 0.410 e. The van der Waals surface area contributed by atoms with E-state index >= 15 is 0 Å². The van der Waals surface area contributed by atoms with Gasteiger partial charge in [-0.3, -0.25) is 4.68 Å². The molecule has 0 bridgehead atoms. The summed E-state index contributed by atoms with van der Waals surface area (Å²) in [6.45, 7) is 16.4. The summed E-state index contributed by atoms with van der Waals surface area (Å²) in [7, 11) is 0. The third kappa shape index (κ3) is 8.27. The van der Waals surface area contributed by atoms with Gasteiger partial charge in [0.15, 0.2) is 0 Å². The van der Waals surface area contributed by atoms with Crippen molar-refractivity contribution in [1.82, 2.24) is 14.7 Å². The molecule has 1 aromatic rings. The molecule has 4 N–H and O–H groups in total. The maximum atomic E-state index is 12.0. The molecule has 1 fully saturated rings. The van der Waals surface area contributed by atoms with Crippen LogP contribution in [0.25, 0.3) is 0 Å². The highest BCUT2D eigenvalue weighted by Crippen LogP contribution is 2.29. The zero-order valence-electron chi connectivity index (χ0n) is 17.2. The first-order valence-corrected chi connectivity index (χ1v) is 9.28. The number of carbonyl (C=O) groups excluding carboxylic acids is 1. The zero-order chi connectivity index (χ0) is 20.3. The second kappa shape index (κ2) is 11.4. The van der Waals surface area contributed by atoms with E-state index in [1.807, 2.05) is 45.5 Å². The van der Waals surface area contributed by atoms with Crippen molar-refractivity contribution in [1.29, 1.82) is 0 Å². The monoisotopic (exact) mass is 367 g/mol. The fourth-order valence-electron chi connectivity index (χ4n) is 2.68. The van der Waals surface area contributed by atoms with Crippen LogP contribution in [-0.2, 0) is 4.74 Å². The average Bonchev–Trinajstić information content (AvgIpc) is 3.02. The predicted molar refractivity (Wildman–Crippen MR) is 108 cm³/mol. The molecule has 1 saturated heterocycles. The number of ether oxygens (including phenoxy) is 1. The first-order valence-electron chi connectivity index (χ1n) is 9.28. The number of aromatic nitrogens is 2. The van der Waals surface area contributed by atoms with E-state index in [9.17, 15) is 4.79 Å². The van der Waals surface area contributed by atoms with Crippen molar-refractivity contribution in [2.75, 3.05) is 18.8 Å². The van der Waals surface area contributed by atoms with E-state index < -0.39 is 5.60 Å². The van der Waals surface area contributed by atoms with Crippen molar-refractivity contribution < 1.29 is 9.53 Å². The Morgan fingerprint density at radius 2 is 1.88 bits per heavy atom. The summed E-state index contributed by atoms with van der Waals surface area (Å²) in [5.41, 5.74) is 10.6. The van der Waals surface area contributed by atoms with Crippen LogP contribution < -0.4 is 11.5 Å². The fourth-order valence-corrected chi connectivity index (χ4v) is 2.68. The lowest BCUT2D eigenvalue weighted by molar-refractivity contribution is 0.0163. The summed E-state index contributed by atoms with van der Waals surface area (Å²) < 4.78 is 7.33. The van der Waals surface area contributed by atoms with Crippen molar-refractivity contribution in [3.63, 3.8) is 0 Å². The predicted octanol–water partition coefficient (Wildman–Crippen LogP) is 3.79. The van der Waals surface area contributed by atoms with Gasteiger partial charge in [0.05, 0.1) is 17.9 Å². The van der Waals surface area contributed by atoms with E-state index in [4.69, 9.17) is 10.5 Å². The third-order valence-corrected chi connectivity index (χ3v) is 3.91. The van der Waals surface area contributed by atoms with Crippen molar-refractivity contribution in [2.45, 2.75) is 66.0 Å². The molecular weight excluding hydrogens is 330 g/mol. The number of nitrogens with two attached hydrogens (primary N) is 2. The number of amides is 1. The van der Waals surface area contributed by atoms with E-state index in [-0.39, 0.29) is 6.09 Å². The van der Waals surface area contributed by atoms with Gasteiger partial charge in [-0.1, -0.05) is 20.4 Å². The Balaban J connectivity index is 0.00000113. The van der Waals surface area contributed by atoms with E-state index in [0.29, 0.717) is 17.6 Å². The number of anilines is 1. The summed E-state index contributed by atoms with van der Waals surface area (Å²) in [6, 6.07) is 0.295. The van der Waals surface area contributed by atoms with E-state index in [2.05, 4.69) is 24.3 Å². The molecule has 0 saturated carbocycles. The molecule has 2 rings (SSSR count). The summed E-state index contributed by atoms with van der Waals surface area (Å²) >= 11 is 0. The van der Waals surface area contributed by atoms with Crippen LogP contribution in [0.5, 0.6) is 0 Å². The molecule has 26 heavy (non-hydrogen) atoms. The van der Waals surface area contributed by atoms with Crippen molar-refractivity contribution in [2.24, 2.45) is 11.7 Å². The third-order valence-electron chi connectivity index (χ3n) is 3.91. The van der Waals surface area contributed by atoms with Gasteiger partial charge in [-0.05, 0) is 52.7 Å². The number of likely N-dealkylation sites (tertiary alicyclic amines) is 1. The van der Waals surface area contributed by atoms with Crippen molar-refractivity contribution >= 4 is 11.8 Å². The van der Waals surface area contributed by atoms with Crippen LogP contribution in [0.15, 0.2) is 25.2 Å². The second-order valence-electron chi connectivity index (χ2n) is 7.03. The Morgan fingerprint density at radius 1 is 1.38 bits per heavy atom. The van der Waals surface area contributed by atoms with Gasteiger partial charge in [0, 0.05) is 19.3 Å². The molecule has 0 aliphatic carbocycles. The number of rotatable bonds is 2. The van der Waals surface area contributed by atoms with Gasteiger partial charge in [0.2, 0.25) is 0 Å². The molecular formula is C19H37N5O2. The second-order valence-corrected chi connectivity index (χ2v) is 7.03. The Bertz CT molecular complexity index is 528. The Morgan fingerprint density at radius 3 is 2.27 bits per heavy atom. The number of nitrogens with zero attached hydrogens (tertiary/aromatic N) is 3.